The van der Waals surface area contributed by atoms with Gasteiger partial charge in [-0.25, -0.2) is 9.50 Å². The number of hydrogen-bond acceptors (Lipinski definition) is 3. The number of halogens is 3. The number of carbonyl (C=O) groups excluding carboxylic acids is 1. The highest BCUT2D eigenvalue weighted by Gasteiger charge is 2.35. The van der Waals surface area contributed by atoms with Crippen molar-refractivity contribution in [2.45, 2.75) is 37.9 Å². The number of carbonyl (C=O) groups is 1. The van der Waals surface area contributed by atoms with Gasteiger partial charge in [0.25, 0.3) is 0 Å². The summed E-state index contributed by atoms with van der Waals surface area (Å²) in [6.45, 7) is 0. The van der Waals surface area contributed by atoms with Gasteiger partial charge in [-0.05, 0) is 30.4 Å². The third kappa shape index (κ3) is 3.55. The Kier molecular flexibility index (Phi) is 3.76. The van der Waals surface area contributed by atoms with Crippen LogP contribution in [0.5, 0.6) is 0 Å². The van der Waals surface area contributed by atoms with Gasteiger partial charge in [-0.3, -0.25) is 4.79 Å². The van der Waals surface area contributed by atoms with Crippen LogP contribution in [-0.4, -0.2) is 26.7 Å². The molecule has 118 valence electrons. The number of amides is 1. The van der Waals surface area contributed by atoms with Crippen LogP contribution < -0.4 is 5.32 Å². The van der Waals surface area contributed by atoms with Crippen molar-refractivity contribution in [2.75, 3.05) is 0 Å². The molecule has 2 heterocycles. The molecule has 0 saturated heterocycles. The van der Waals surface area contributed by atoms with Gasteiger partial charge in [0.2, 0.25) is 5.91 Å². The number of hydrogen-bond donors (Lipinski definition) is 1. The molecule has 1 N–H and O–H groups in total. The Morgan fingerprint density at radius 2 is 2.23 bits per heavy atom. The average Bonchev–Trinajstić information content (AvgIpc) is 3.18. The van der Waals surface area contributed by atoms with Crippen LogP contribution >= 0.6 is 0 Å². The van der Waals surface area contributed by atoms with Crippen LogP contribution in [0.4, 0.5) is 13.2 Å². The number of nitrogens with zero attached hydrogens (tertiary/aromatic N) is 3. The van der Waals surface area contributed by atoms with Crippen molar-refractivity contribution in [3.63, 3.8) is 0 Å². The zero-order valence-corrected chi connectivity index (χ0v) is 11.7. The molecule has 1 fully saturated rings. The average molecular weight is 312 g/mol. The van der Waals surface area contributed by atoms with Gasteiger partial charge >= 0.3 is 6.18 Å². The molecule has 3 rings (SSSR count). The van der Waals surface area contributed by atoms with Gasteiger partial charge in [0.1, 0.15) is 0 Å². The number of imidazole rings is 1. The molecule has 1 aliphatic rings. The van der Waals surface area contributed by atoms with Crippen LogP contribution in [0.1, 0.15) is 37.3 Å². The first kappa shape index (κ1) is 14.8. The van der Waals surface area contributed by atoms with Gasteiger partial charge in [0.05, 0.1) is 18.7 Å². The second-order valence-electron chi connectivity index (χ2n) is 5.52. The van der Waals surface area contributed by atoms with E-state index in [1.54, 1.807) is 29.2 Å². The fourth-order valence-electron chi connectivity index (χ4n) is 2.40. The van der Waals surface area contributed by atoms with Crippen molar-refractivity contribution in [1.82, 2.24) is 19.9 Å². The lowest BCUT2D eigenvalue weighted by Gasteiger charge is -2.19. The Hall–Kier alpha value is -2.12. The topological polar surface area (TPSA) is 59.3 Å². The lowest BCUT2D eigenvalue weighted by Crippen LogP contribution is -2.30. The van der Waals surface area contributed by atoms with E-state index in [2.05, 4.69) is 15.4 Å². The van der Waals surface area contributed by atoms with Crippen molar-refractivity contribution in [3.05, 3.63) is 30.2 Å². The summed E-state index contributed by atoms with van der Waals surface area (Å²) in [5.74, 6) is -0.327. The molecule has 0 aromatic carbocycles. The molecule has 0 unspecified atom stereocenters. The van der Waals surface area contributed by atoms with Gasteiger partial charge in [0, 0.05) is 18.8 Å². The summed E-state index contributed by atoms with van der Waals surface area (Å²) in [7, 11) is 0. The zero-order valence-electron chi connectivity index (χ0n) is 11.7. The molecule has 1 aliphatic carbocycles. The summed E-state index contributed by atoms with van der Waals surface area (Å²) in [6.07, 6.45) is 0.866. The summed E-state index contributed by atoms with van der Waals surface area (Å²) in [5, 5.41) is 6.90. The Morgan fingerprint density at radius 3 is 2.91 bits per heavy atom. The first-order chi connectivity index (χ1) is 10.4. The van der Waals surface area contributed by atoms with Crippen molar-refractivity contribution in [1.29, 1.82) is 0 Å². The Bertz CT molecular complexity index is 678. The minimum atomic E-state index is -4.32. The van der Waals surface area contributed by atoms with Crippen LogP contribution in [0.25, 0.3) is 5.65 Å². The lowest BCUT2D eigenvalue weighted by molar-refractivity contribution is -0.144. The smallest absolute Gasteiger partial charge is 0.349 e. The molecule has 0 aliphatic heterocycles. The fourth-order valence-corrected chi connectivity index (χ4v) is 2.40. The lowest BCUT2D eigenvalue weighted by atomic mass is 10.0. The standard InChI is InChI=1S/C14H15F3N4O/c15-14(16,17)4-3-12(22)20-13(9-1-2-9)10-7-11-18-5-6-21(11)19-8-10/h5-9,13H,1-4H2,(H,20,22)/t13-/m1/s1. The molecule has 8 heteroatoms. The van der Waals surface area contributed by atoms with E-state index in [9.17, 15) is 18.0 Å². The van der Waals surface area contributed by atoms with E-state index in [-0.39, 0.29) is 12.0 Å². The molecule has 1 amide bonds. The van der Waals surface area contributed by atoms with E-state index < -0.39 is 24.9 Å². The van der Waals surface area contributed by atoms with Crippen molar-refractivity contribution in [3.8, 4) is 0 Å². The largest absolute Gasteiger partial charge is 0.389 e. The molecule has 5 nitrogen and oxygen atoms in total. The summed E-state index contributed by atoms with van der Waals surface area (Å²) in [6, 6.07) is 1.51. The number of rotatable bonds is 5. The fraction of sp³-hybridized carbons (Fsp3) is 0.500. The van der Waals surface area contributed by atoms with Crippen LogP contribution in [0.3, 0.4) is 0 Å². The monoisotopic (exact) mass is 312 g/mol. The molecule has 2 aromatic rings. The molecule has 0 bridgehead atoms. The first-order valence-electron chi connectivity index (χ1n) is 7.08. The van der Waals surface area contributed by atoms with Crippen molar-refractivity contribution in [2.24, 2.45) is 5.92 Å². The predicted molar refractivity (Wildman–Crippen MR) is 71.9 cm³/mol. The van der Waals surface area contributed by atoms with E-state index in [1.807, 2.05) is 0 Å². The maximum absolute atomic E-state index is 12.2. The third-order valence-corrected chi connectivity index (χ3v) is 3.68. The van der Waals surface area contributed by atoms with E-state index in [1.165, 1.54) is 0 Å². The number of aromatic nitrogens is 3. The maximum Gasteiger partial charge on any atom is 0.389 e. The van der Waals surface area contributed by atoms with E-state index in [0.29, 0.717) is 5.65 Å². The highest BCUT2D eigenvalue weighted by atomic mass is 19.4. The molecular weight excluding hydrogens is 297 g/mol. The third-order valence-electron chi connectivity index (χ3n) is 3.68. The SMILES string of the molecule is O=C(CCC(F)(F)F)N[C@@H](c1cnn2ccnc2c1)C1CC1. The number of fused-ring (bicyclic) bond motifs is 1. The molecular formula is C14H15F3N4O. The van der Waals surface area contributed by atoms with E-state index in [4.69, 9.17) is 0 Å². The Balaban J connectivity index is 1.71. The summed E-state index contributed by atoms with van der Waals surface area (Å²) in [5.41, 5.74) is 1.43. The van der Waals surface area contributed by atoms with E-state index >= 15 is 0 Å². The maximum atomic E-state index is 12.2. The molecule has 1 saturated carbocycles. The normalized spacial score (nSPS) is 16.7. The Labute approximate surface area is 124 Å². The van der Waals surface area contributed by atoms with Crippen LogP contribution in [-0.2, 0) is 4.79 Å². The van der Waals surface area contributed by atoms with Crippen LogP contribution in [0.2, 0.25) is 0 Å². The molecule has 2 aromatic heterocycles. The Morgan fingerprint density at radius 1 is 1.45 bits per heavy atom. The van der Waals surface area contributed by atoms with Gasteiger partial charge in [0.15, 0.2) is 5.65 Å². The quantitative estimate of drug-likeness (QED) is 0.923. The first-order valence-corrected chi connectivity index (χ1v) is 7.08. The van der Waals surface area contributed by atoms with Crippen molar-refractivity contribution >= 4 is 11.6 Å². The highest BCUT2D eigenvalue weighted by Crippen LogP contribution is 2.41. The predicted octanol–water partition coefficient (Wildman–Crippen LogP) is 2.64. The molecule has 1 atom stereocenters. The van der Waals surface area contributed by atoms with Crippen molar-refractivity contribution < 1.29 is 18.0 Å². The summed E-state index contributed by atoms with van der Waals surface area (Å²) < 4.78 is 38.2. The zero-order chi connectivity index (χ0) is 15.7. The minimum Gasteiger partial charge on any atom is -0.349 e. The highest BCUT2D eigenvalue weighted by molar-refractivity contribution is 5.76. The molecule has 0 radical (unpaired) electrons. The minimum absolute atomic E-state index is 0.258. The number of alkyl halides is 3. The van der Waals surface area contributed by atoms with E-state index in [0.717, 1.165) is 18.4 Å². The van der Waals surface area contributed by atoms with Gasteiger partial charge in [-0.1, -0.05) is 0 Å². The van der Waals surface area contributed by atoms with Gasteiger partial charge < -0.3 is 5.32 Å². The summed E-state index contributed by atoms with van der Waals surface area (Å²) >= 11 is 0. The van der Waals surface area contributed by atoms with Gasteiger partial charge in [-0.2, -0.15) is 18.3 Å². The van der Waals surface area contributed by atoms with Crippen LogP contribution in [0.15, 0.2) is 24.7 Å². The second kappa shape index (κ2) is 5.58. The van der Waals surface area contributed by atoms with Crippen LogP contribution in [0, 0.1) is 5.92 Å². The second-order valence-corrected chi connectivity index (χ2v) is 5.52. The number of nitrogens with one attached hydrogen (secondary N) is 1. The molecule has 0 spiro atoms. The summed E-state index contributed by atoms with van der Waals surface area (Å²) in [4.78, 5) is 15.9. The van der Waals surface area contributed by atoms with Gasteiger partial charge in [-0.15, -0.1) is 0 Å². The molecule has 22 heavy (non-hydrogen) atoms.